The van der Waals surface area contributed by atoms with Crippen molar-refractivity contribution >= 4 is 28.9 Å². The van der Waals surface area contributed by atoms with Gasteiger partial charge in [0.1, 0.15) is 5.75 Å². The number of benzene rings is 2. The van der Waals surface area contributed by atoms with E-state index in [2.05, 4.69) is 5.32 Å². The zero-order valence-electron chi connectivity index (χ0n) is 14.0. The summed E-state index contributed by atoms with van der Waals surface area (Å²) in [6.45, 7) is 2.04. The molecule has 2 aromatic carbocycles. The van der Waals surface area contributed by atoms with Crippen molar-refractivity contribution in [2.75, 3.05) is 11.9 Å². The van der Waals surface area contributed by atoms with E-state index in [9.17, 15) is 28.1 Å². The molecule has 0 heterocycles. The van der Waals surface area contributed by atoms with Gasteiger partial charge in [-0.1, -0.05) is 18.5 Å². The van der Waals surface area contributed by atoms with Crippen LogP contribution in [-0.4, -0.2) is 17.4 Å². The number of carbonyl (C=O) groups excluding carboxylic acids is 1. The van der Waals surface area contributed by atoms with Crippen LogP contribution in [0.1, 0.15) is 29.3 Å². The van der Waals surface area contributed by atoms with Gasteiger partial charge in [-0.25, -0.2) is 0 Å². The van der Waals surface area contributed by atoms with Crippen LogP contribution in [0.3, 0.4) is 0 Å². The first kappa shape index (κ1) is 20.5. The Labute approximate surface area is 157 Å². The predicted octanol–water partition coefficient (Wildman–Crippen LogP) is 5.31. The van der Waals surface area contributed by atoms with Gasteiger partial charge in [0.25, 0.3) is 11.6 Å². The maximum atomic E-state index is 13.0. The normalized spacial score (nSPS) is 11.1. The third kappa shape index (κ3) is 5.10. The SMILES string of the molecule is CCCOc1ccc(C(F)(F)F)cc1NC(=O)c1cc([N+](=O)[O-])ccc1Cl. The Hall–Kier alpha value is -2.81. The molecular weight excluding hydrogens is 389 g/mol. The van der Waals surface area contributed by atoms with E-state index in [4.69, 9.17) is 16.3 Å². The summed E-state index contributed by atoms with van der Waals surface area (Å²) in [7, 11) is 0. The van der Waals surface area contributed by atoms with Crippen molar-refractivity contribution in [1.82, 2.24) is 0 Å². The molecule has 6 nitrogen and oxygen atoms in total. The maximum Gasteiger partial charge on any atom is 0.416 e. The first-order chi connectivity index (χ1) is 12.6. The number of nitrogens with one attached hydrogen (secondary N) is 1. The van der Waals surface area contributed by atoms with Crippen molar-refractivity contribution in [3.05, 3.63) is 62.7 Å². The fourth-order valence-corrected chi connectivity index (χ4v) is 2.34. The summed E-state index contributed by atoms with van der Waals surface area (Å²) in [6, 6.07) is 5.88. The molecule has 0 aromatic heterocycles. The average Bonchev–Trinajstić information content (AvgIpc) is 2.59. The predicted molar refractivity (Wildman–Crippen MR) is 93.3 cm³/mol. The number of carbonyl (C=O) groups is 1. The van der Waals surface area contributed by atoms with E-state index in [1.807, 2.05) is 6.92 Å². The van der Waals surface area contributed by atoms with Crippen LogP contribution in [0.15, 0.2) is 36.4 Å². The minimum Gasteiger partial charge on any atom is -0.491 e. The molecule has 0 bridgehead atoms. The van der Waals surface area contributed by atoms with Gasteiger partial charge in [0, 0.05) is 12.1 Å². The highest BCUT2D eigenvalue weighted by Gasteiger charge is 2.31. The highest BCUT2D eigenvalue weighted by Crippen LogP contribution is 2.35. The van der Waals surface area contributed by atoms with Gasteiger partial charge in [-0.05, 0) is 30.7 Å². The van der Waals surface area contributed by atoms with E-state index in [1.54, 1.807) is 0 Å². The number of nitro groups is 1. The van der Waals surface area contributed by atoms with Crippen LogP contribution in [0.25, 0.3) is 0 Å². The highest BCUT2D eigenvalue weighted by molar-refractivity contribution is 6.34. The molecule has 1 N–H and O–H groups in total. The van der Waals surface area contributed by atoms with E-state index in [0.29, 0.717) is 6.42 Å². The molecule has 0 spiro atoms. The standard InChI is InChI=1S/C17H14ClF3N2O4/c1-2-7-27-15-6-3-10(17(19,20)21)8-14(15)22-16(24)12-9-11(23(25)26)4-5-13(12)18/h3-6,8-9H,2,7H2,1H3,(H,22,24). The first-order valence-corrected chi connectivity index (χ1v) is 8.10. The molecule has 0 saturated heterocycles. The monoisotopic (exact) mass is 402 g/mol. The molecule has 0 aliphatic heterocycles. The van der Waals surface area contributed by atoms with Gasteiger partial charge in [0.2, 0.25) is 0 Å². The molecule has 1 amide bonds. The third-order valence-electron chi connectivity index (χ3n) is 3.42. The van der Waals surface area contributed by atoms with Crippen molar-refractivity contribution in [2.45, 2.75) is 19.5 Å². The van der Waals surface area contributed by atoms with E-state index in [0.717, 1.165) is 36.4 Å². The van der Waals surface area contributed by atoms with Gasteiger partial charge < -0.3 is 10.1 Å². The molecule has 0 saturated carbocycles. The second-order valence-electron chi connectivity index (χ2n) is 5.43. The number of alkyl halides is 3. The lowest BCUT2D eigenvalue weighted by atomic mass is 10.1. The summed E-state index contributed by atoms with van der Waals surface area (Å²) in [5, 5.41) is 13.1. The van der Waals surface area contributed by atoms with Gasteiger partial charge in [0.15, 0.2) is 0 Å². The van der Waals surface area contributed by atoms with Crippen molar-refractivity contribution < 1.29 is 27.6 Å². The first-order valence-electron chi connectivity index (χ1n) is 7.72. The van der Waals surface area contributed by atoms with Crippen molar-refractivity contribution in [3.63, 3.8) is 0 Å². The number of non-ortho nitro benzene ring substituents is 1. The van der Waals surface area contributed by atoms with Crippen molar-refractivity contribution in [2.24, 2.45) is 0 Å². The Morgan fingerprint density at radius 2 is 1.96 bits per heavy atom. The molecule has 10 heteroatoms. The molecule has 27 heavy (non-hydrogen) atoms. The molecule has 0 radical (unpaired) electrons. The fraction of sp³-hybridized carbons (Fsp3) is 0.235. The Balaban J connectivity index is 2.40. The van der Waals surface area contributed by atoms with Crippen LogP contribution < -0.4 is 10.1 Å². The number of anilines is 1. The molecule has 2 rings (SSSR count). The van der Waals surface area contributed by atoms with Gasteiger partial charge in [-0.15, -0.1) is 0 Å². The molecular formula is C17H14ClF3N2O4. The van der Waals surface area contributed by atoms with Crippen LogP contribution in [0.5, 0.6) is 5.75 Å². The second kappa shape index (κ2) is 8.26. The van der Waals surface area contributed by atoms with E-state index in [1.165, 1.54) is 0 Å². The van der Waals surface area contributed by atoms with Crippen molar-refractivity contribution in [3.8, 4) is 5.75 Å². The number of hydrogen-bond donors (Lipinski definition) is 1. The Bertz CT molecular complexity index is 872. The summed E-state index contributed by atoms with van der Waals surface area (Å²) in [5.74, 6) is -0.857. The zero-order chi connectivity index (χ0) is 20.2. The number of nitro benzene ring substituents is 1. The number of hydrogen-bond acceptors (Lipinski definition) is 4. The number of halogens is 4. The minimum absolute atomic E-state index is 0.0414. The summed E-state index contributed by atoms with van der Waals surface area (Å²) >= 11 is 5.89. The molecule has 2 aromatic rings. The lowest BCUT2D eigenvalue weighted by Crippen LogP contribution is -2.15. The largest absolute Gasteiger partial charge is 0.491 e. The van der Waals surface area contributed by atoms with Gasteiger partial charge in [0.05, 0.1) is 33.4 Å². The number of rotatable bonds is 6. The molecule has 0 aliphatic rings. The average molecular weight is 403 g/mol. The number of nitrogens with zero attached hydrogens (tertiary/aromatic N) is 1. The van der Waals surface area contributed by atoms with E-state index >= 15 is 0 Å². The summed E-state index contributed by atoms with van der Waals surface area (Å²) in [5.41, 5.74) is -1.82. The summed E-state index contributed by atoms with van der Waals surface area (Å²) in [4.78, 5) is 22.6. The quantitative estimate of drug-likeness (QED) is 0.524. The fourth-order valence-electron chi connectivity index (χ4n) is 2.13. The molecule has 0 aliphatic carbocycles. The summed E-state index contributed by atoms with van der Waals surface area (Å²) < 4.78 is 44.3. The minimum atomic E-state index is -4.62. The topological polar surface area (TPSA) is 81.5 Å². The van der Waals surface area contributed by atoms with Crippen LogP contribution in [0.4, 0.5) is 24.5 Å². The Kier molecular flexibility index (Phi) is 6.27. The number of ether oxygens (including phenoxy) is 1. The Morgan fingerprint density at radius 3 is 2.56 bits per heavy atom. The lowest BCUT2D eigenvalue weighted by Gasteiger charge is -2.15. The summed E-state index contributed by atoms with van der Waals surface area (Å²) in [6.07, 6.45) is -4.02. The molecule has 144 valence electrons. The van der Waals surface area contributed by atoms with Crippen LogP contribution in [0, 0.1) is 10.1 Å². The zero-order valence-corrected chi connectivity index (χ0v) is 14.7. The third-order valence-corrected chi connectivity index (χ3v) is 3.75. The van der Waals surface area contributed by atoms with E-state index in [-0.39, 0.29) is 34.3 Å². The lowest BCUT2D eigenvalue weighted by molar-refractivity contribution is -0.384. The highest BCUT2D eigenvalue weighted by atomic mass is 35.5. The van der Waals surface area contributed by atoms with Crippen molar-refractivity contribution in [1.29, 1.82) is 0 Å². The van der Waals surface area contributed by atoms with Crippen LogP contribution in [-0.2, 0) is 6.18 Å². The second-order valence-corrected chi connectivity index (χ2v) is 5.84. The molecule has 0 unspecified atom stereocenters. The van der Waals surface area contributed by atoms with Gasteiger partial charge >= 0.3 is 6.18 Å². The van der Waals surface area contributed by atoms with Crippen LogP contribution in [0.2, 0.25) is 5.02 Å². The van der Waals surface area contributed by atoms with Crippen LogP contribution >= 0.6 is 11.6 Å². The maximum absolute atomic E-state index is 13.0. The van der Waals surface area contributed by atoms with Gasteiger partial charge in [-0.2, -0.15) is 13.2 Å². The molecule has 0 fully saturated rings. The van der Waals surface area contributed by atoms with E-state index < -0.39 is 22.6 Å². The Morgan fingerprint density at radius 1 is 1.26 bits per heavy atom. The molecule has 0 atom stereocenters. The smallest absolute Gasteiger partial charge is 0.416 e. The number of amides is 1. The van der Waals surface area contributed by atoms with Gasteiger partial charge in [-0.3, -0.25) is 14.9 Å².